The van der Waals surface area contributed by atoms with E-state index in [0.717, 1.165) is 11.3 Å². The minimum absolute atomic E-state index is 0.134. The maximum absolute atomic E-state index is 11.1. The molecule has 4 nitrogen and oxygen atoms in total. The van der Waals surface area contributed by atoms with E-state index in [4.69, 9.17) is 13.9 Å². The number of aliphatic hydroxyl groups excluding tert-OH is 1. The van der Waals surface area contributed by atoms with Gasteiger partial charge in [0.25, 0.3) is 8.32 Å². The molecule has 0 aliphatic carbocycles. The maximum atomic E-state index is 11.1. The third-order valence-electron chi connectivity index (χ3n) is 6.79. The lowest BCUT2D eigenvalue weighted by Gasteiger charge is -2.43. The standard InChI is InChI=1S/C30H38O4SSi/c1-5-35-29-27(31)28(32-21-23-15-9-6-10-16-23)26(34-29)22-33-36(30(2,3)4,24-17-11-7-12-18-24)25-19-13-8-14-20-25/h6-20,26-29,31H,5,21-22H2,1-4H3/t26-,27+,28-,29-/m1/s1. The van der Waals surface area contributed by atoms with Crippen LogP contribution in [-0.2, 0) is 20.5 Å². The Labute approximate surface area is 221 Å². The maximum Gasteiger partial charge on any atom is 0.261 e. The summed E-state index contributed by atoms with van der Waals surface area (Å²) in [5.41, 5.74) is 0.742. The Bertz CT molecular complexity index is 1020. The van der Waals surface area contributed by atoms with Crippen molar-refractivity contribution in [2.75, 3.05) is 12.4 Å². The van der Waals surface area contributed by atoms with E-state index >= 15 is 0 Å². The summed E-state index contributed by atoms with van der Waals surface area (Å²) in [7, 11) is -2.72. The summed E-state index contributed by atoms with van der Waals surface area (Å²) < 4.78 is 19.8. The number of benzene rings is 3. The van der Waals surface area contributed by atoms with E-state index < -0.39 is 20.5 Å². The third-order valence-corrected chi connectivity index (χ3v) is 12.8. The Morgan fingerprint density at radius 1 is 0.861 bits per heavy atom. The van der Waals surface area contributed by atoms with Gasteiger partial charge in [0.05, 0.1) is 13.2 Å². The van der Waals surface area contributed by atoms with Gasteiger partial charge in [0.2, 0.25) is 0 Å². The van der Waals surface area contributed by atoms with Gasteiger partial charge in [-0.25, -0.2) is 0 Å². The van der Waals surface area contributed by atoms with Crippen LogP contribution < -0.4 is 10.4 Å². The van der Waals surface area contributed by atoms with Gasteiger partial charge < -0.3 is 19.0 Å². The van der Waals surface area contributed by atoms with Crippen LogP contribution >= 0.6 is 11.8 Å². The van der Waals surface area contributed by atoms with Gasteiger partial charge in [-0.2, -0.15) is 0 Å². The van der Waals surface area contributed by atoms with Crippen molar-refractivity contribution in [1.29, 1.82) is 0 Å². The second-order valence-electron chi connectivity index (χ2n) is 10.2. The fourth-order valence-corrected chi connectivity index (χ4v) is 10.6. The highest BCUT2D eigenvalue weighted by molar-refractivity contribution is 7.99. The number of aliphatic hydroxyl groups is 1. The molecule has 4 atom stereocenters. The predicted molar refractivity (Wildman–Crippen MR) is 151 cm³/mol. The minimum Gasteiger partial charge on any atom is -0.405 e. The smallest absolute Gasteiger partial charge is 0.261 e. The van der Waals surface area contributed by atoms with E-state index in [1.165, 1.54) is 10.4 Å². The summed E-state index contributed by atoms with van der Waals surface area (Å²) in [5.74, 6) is 0.857. The van der Waals surface area contributed by atoms with Crippen molar-refractivity contribution in [1.82, 2.24) is 0 Å². The molecule has 4 rings (SSSR count). The third kappa shape index (κ3) is 5.80. The summed E-state index contributed by atoms with van der Waals surface area (Å²) in [4.78, 5) is 0. The van der Waals surface area contributed by atoms with E-state index in [1.54, 1.807) is 11.8 Å². The van der Waals surface area contributed by atoms with Gasteiger partial charge in [0, 0.05) is 0 Å². The first-order valence-corrected chi connectivity index (χ1v) is 15.7. The number of thioether (sulfide) groups is 1. The highest BCUT2D eigenvalue weighted by atomic mass is 32.2. The van der Waals surface area contributed by atoms with Gasteiger partial charge in [0.1, 0.15) is 23.7 Å². The van der Waals surface area contributed by atoms with Crippen molar-refractivity contribution in [3.63, 3.8) is 0 Å². The normalized spacial score (nSPS) is 22.6. The van der Waals surface area contributed by atoms with Crippen LogP contribution in [0.25, 0.3) is 0 Å². The molecule has 0 saturated carbocycles. The predicted octanol–water partition coefficient (Wildman–Crippen LogP) is 4.99. The van der Waals surface area contributed by atoms with Crippen LogP contribution in [-0.4, -0.2) is 49.5 Å². The minimum atomic E-state index is -2.72. The SMILES string of the molecule is CCS[C@H]1O[C@H](CO[Si](c2ccccc2)(c2ccccc2)C(C)(C)C)[C@@H](OCc2ccccc2)[C@@H]1O. The molecule has 3 aromatic carbocycles. The number of ether oxygens (including phenoxy) is 2. The lowest BCUT2D eigenvalue weighted by molar-refractivity contribution is -0.0585. The van der Waals surface area contributed by atoms with Crippen molar-refractivity contribution in [3.05, 3.63) is 96.6 Å². The molecule has 1 aliphatic rings. The van der Waals surface area contributed by atoms with Crippen LogP contribution in [0.4, 0.5) is 0 Å². The molecule has 1 saturated heterocycles. The van der Waals surface area contributed by atoms with Gasteiger partial charge in [-0.15, -0.1) is 11.8 Å². The van der Waals surface area contributed by atoms with Crippen molar-refractivity contribution in [2.45, 2.75) is 63.1 Å². The average molecular weight is 523 g/mol. The summed E-state index contributed by atoms with van der Waals surface area (Å²) >= 11 is 1.61. The summed E-state index contributed by atoms with van der Waals surface area (Å²) in [6.07, 6.45) is -1.55. The summed E-state index contributed by atoms with van der Waals surface area (Å²) in [6, 6.07) is 31.3. The fourth-order valence-electron chi connectivity index (χ4n) is 5.08. The molecule has 0 radical (unpaired) electrons. The second-order valence-corrected chi connectivity index (χ2v) is 15.9. The first-order valence-electron chi connectivity index (χ1n) is 12.7. The van der Waals surface area contributed by atoms with E-state index in [9.17, 15) is 5.11 Å². The van der Waals surface area contributed by atoms with Crippen LogP contribution in [0, 0.1) is 0 Å². The quantitative estimate of drug-likeness (QED) is 0.380. The topological polar surface area (TPSA) is 47.9 Å². The molecule has 0 aromatic heterocycles. The molecule has 192 valence electrons. The first-order chi connectivity index (χ1) is 17.4. The number of hydrogen-bond donors (Lipinski definition) is 1. The first kappa shape index (κ1) is 27.1. The number of hydrogen-bond acceptors (Lipinski definition) is 5. The molecular formula is C30H38O4SSi. The van der Waals surface area contributed by atoms with E-state index in [0.29, 0.717) is 13.2 Å². The van der Waals surface area contributed by atoms with E-state index in [2.05, 4.69) is 76.2 Å². The monoisotopic (exact) mass is 522 g/mol. The number of rotatable bonds is 10. The molecule has 1 heterocycles. The van der Waals surface area contributed by atoms with Gasteiger partial charge in [0.15, 0.2) is 0 Å². The van der Waals surface area contributed by atoms with Gasteiger partial charge in [-0.05, 0) is 26.7 Å². The Balaban J connectivity index is 1.64. The zero-order chi connectivity index (χ0) is 25.6. The average Bonchev–Trinajstić information content (AvgIpc) is 3.18. The van der Waals surface area contributed by atoms with Crippen molar-refractivity contribution < 1.29 is 19.0 Å². The van der Waals surface area contributed by atoms with Crippen LogP contribution in [0.3, 0.4) is 0 Å². The van der Waals surface area contributed by atoms with Crippen LogP contribution in [0.1, 0.15) is 33.3 Å². The fraction of sp³-hybridized carbons (Fsp3) is 0.400. The molecule has 0 spiro atoms. The lowest BCUT2D eigenvalue weighted by atomic mass is 10.1. The molecule has 36 heavy (non-hydrogen) atoms. The Hall–Kier alpha value is -1.93. The zero-order valence-electron chi connectivity index (χ0n) is 21.7. The Morgan fingerprint density at radius 3 is 1.89 bits per heavy atom. The van der Waals surface area contributed by atoms with E-state index in [1.807, 2.05) is 42.5 Å². The van der Waals surface area contributed by atoms with Crippen molar-refractivity contribution >= 4 is 30.5 Å². The molecule has 0 bridgehead atoms. The molecule has 1 N–H and O–H groups in total. The van der Waals surface area contributed by atoms with Gasteiger partial charge >= 0.3 is 0 Å². The van der Waals surface area contributed by atoms with E-state index in [-0.39, 0.29) is 16.6 Å². The van der Waals surface area contributed by atoms with Crippen LogP contribution in [0.15, 0.2) is 91.0 Å². The molecule has 1 fully saturated rings. The summed E-state index contributed by atoms with van der Waals surface area (Å²) in [5, 5.41) is 13.5. The molecule has 3 aromatic rings. The van der Waals surface area contributed by atoms with Crippen molar-refractivity contribution in [2.24, 2.45) is 0 Å². The molecule has 0 unspecified atom stereocenters. The van der Waals surface area contributed by atoms with Gasteiger partial charge in [-0.1, -0.05) is 119 Å². The summed E-state index contributed by atoms with van der Waals surface area (Å²) in [6.45, 7) is 9.65. The zero-order valence-corrected chi connectivity index (χ0v) is 23.5. The van der Waals surface area contributed by atoms with Gasteiger partial charge in [-0.3, -0.25) is 0 Å². The highest BCUT2D eigenvalue weighted by Crippen LogP contribution is 2.38. The highest BCUT2D eigenvalue weighted by Gasteiger charge is 2.52. The Kier molecular flexibility index (Phi) is 9.09. The molecular weight excluding hydrogens is 484 g/mol. The lowest BCUT2D eigenvalue weighted by Crippen LogP contribution is -2.67. The Morgan fingerprint density at radius 2 is 1.39 bits per heavy atom. The molecule has 6 heteroatoms. The van der Waals surface area contributed by atoms with Crippen LogP contribution in [0.5, 0.6) is 0 Å². The molecule has 0 amide bonds. The van der Waals surface area contributed by atoms with Crippen LogP contribution in [0.2, 0.25) is 5.04 Å². The largest absolute Gasteiger partial charge is 0.405 e. The second kappa shape index (κ2) is 12.1. The van der Waals surface area contributed by atoms with Crippen molar-refractivity contribution in [3.8, 4) is 0 Å². The molecule has 1 aliphatic heterocycles.